The first-order chi connectivity index (χ1) is 24.6. The van der Waals surface area contributed by atoms with Crippen molar-refractivity contribution in [1.29, 1.82) is 0 Å². The van der Waals surface area contributed by atoms with Crippen molar-refractivity contribution in [3.8, 4) is 0 Å². The molecular formula is C40H61N3O8. The molecule has 2 aliphatic rings. The van der Waals surface area contributed by atoms with Crippen molar-refractivity contribution >= 4 is 28.9 Å². The van der Waals surface area contributed by atoms with E-state index in [-0.39, 0.29) is 30.8 Å². The number of rotatable bonds is 18. The minimum atomic E-state index is -0.956. The van der Waals surface area contributed by atoms with Crippen LogP contribution in [0.15, 0.2) is 42.5 Å². The van der Waals surface area contributed by atoms with Gasteiger partial charge in [0.1, 0.15) is 18.8 Å². The molecule has 0 unspecified atom stereocenters. The molecule has 0 aliphatic carbocycles. The highest BCUT2D eigenvalue weighted by Gasteiger charge is 2.47. The summed E-state index contributed by atoms with van der Waals surface area (Å²) in [7, 11) is 0. The lowest BCUT2D eigenvalue weighted by Gasteiger charge is -2.47. The number of amides is 2. The van der Waals surface area contributed by atoms with E-state index in [1.54, 1.807) is 0 Å². The SMILES string of the molecule is CCOC(=O)[C@H](CCC(C)C)NCCC[C@@H]1C[C@@H](OC(=O)NCc2cccc3ccccc23)C[C@@]2(CCC[C@H](COC(=O)NCCC(C)C)O2)O1. The second-order valence-electron chi connectivity index (χ2n) is 14.8. The van der Waals surface area contributed by atoms with Gasteiger partial charge in [0.15, 0.2) is 5.79 Å². The maximum absolute atomic E-state index is 13.2. The van der Waals surface area contributed by atoms with Gasteiger partial charge in [0.25, 0.3) is 0 Å². The number of benzene rings is 2. The fourth-order valence-electron chi connectivity index (χ4n) is 6.91. The number of alkyl carbamates (subject to hydrolysis) is 2. The number of esters is 1. The molecule has 4 rings (SSSR count). The molecule has 2 aromatic rings. The zero-order valence-corrected chi connectivity index (χ0v) is 31.4. The molecule has 0 aromatic heterocycles. The van der Waals surface area contributed by atoms with Crippen molar-refractivity contribution < 1.29 is 38.1 Å². The molecule has 2 amide bonds. The highest BCUT2D eigenvalue weighted by atomic mass is 16.7. The Kier molecular flexibility index (Phi) is 16.3. The maximum Gasteiger partial charge on any atom is 0.407 e. The fraction of sp³-hybridized carbons (Fsp3) is 0.675. The van der Waals surface area contributed by atoms with Crippen molar-refractivity contribution in [1.82, 2.24) is 16.0 Å². The number of ether oxygens (including phenoxy) is 5. The number of hydrogen-bond acceptors (Lipinski definition) is 9. The van der Waals surface area contributed by atoms with Gasteiger partial charge < -0.3 is 39.6 Å². The largest absolute Gasteiger partial charge is 0.465 e. The summed E-state index contributed by atoms with van der Waals surface area (Å²) in [5.74, 6) is -0.201. The monoisotopic (exact) mass is 711 g/mol. The first-order valence-electron chi connectivity index (χ1n) is 19.1. The lowest BCUT2D eigenvalue weighted by molar-refractivity contribution is -0.329. The molecule has 0 radical (unpaired) electrons. The van der Waals surface area contributed by atoms with Crippen LogP contribution in [0.5, 0.6) is 0 Å². The predicted molar refractivity (Wildman–Crippen MR) is 197 cm³/mol. The Morgan fingerprint density at radius 2 is 1.65 bits per heavy atom. The first-order valence-corrected chi connectivity index (χ1v) is 19.1. The van der Waals surface area contributed by atoms with E-state index in [2.05, 4.69) is 61.8 Å². The number of nitrogens with one attached hydrogen (secondary N) is 3. The van der Waals surface area contributed by atoms with E-state index in [0.29, 0.717) is 63.8 Å². The van der Waals surface area contributed by atoms with E-state index in [9.17, 15) is 14.4 Å². The van der Waals surface area contributed by atoms with E-state index in [4.69, 9.17) is 23.7 Å². The van der Waals surface area contributed by atoms with Crippen LogP contribution < -0.4 is 16.0 Å². The molecule has 51 heavy (non-hydrogen) atoms. The summed E-state index contributed by atoms with van der Waals surface area (Å²) in [6.45, 7) is 12.3. The number of fused-ring (bicyclic) bond motifs is 1. The summed E-state index contributed by atoms with van der Waals surface area (Å²) in [5.41, 5.74) is 1.01. The standard InChI is InChI=1S/C40H61N3O8/c1-6-47-37(44)36(19-18-28(2)3)41-22-11-16-32-24-34(49-39(46)43-26-31-14-9-13-30-12-7-8-17-35(30)31)25-40(50-32)21-10-15-33(51-40)27-48-38(45)42-23-20-29(4)5/h7-9,12-14,17,28-29,32-34,36,41H,6,10-11,15-16,18-27H2,1-5H3,(H,42,45)(H,43,46)/t32-,33-,34-,36+,40+/m1/s1. The molecule has 0 bridgehead atoms. The van der Waals surface area contributed by atoms with Gasteiger partial charge in [-0.3, -0.25) is 4.79 Å². The molecular weight excluding hydrogens is 650 g/mol. The van der Waals surface area contributed by atoms with E-state index in [1.807, 2.05) is 31.2 Å². The summed E-state index contributed by atoms with van der Waals surface area (Å²) in [5, 5.41) is 11.4. The van der Waals surface area contributed by atoms with Crippen LogP contribution in [0, 0.1) is 11.8 Å². The van der Waals surface area contributed by atoms with E-state index in [0.717, 1.165) is 54.9 Å². The number of carbonyl (C=O) groups is 3. The third-order valence-corrected chi connectivity index (χ3v) is 9.58. The minimum absolute atomic E-state index is 0.121. The molecule has 1 spiro atoms. The Morgan fingerprint density at radius 3 is 2.43 bits per heavy atom. The molecule has 11 heteroatoms. The van der Waals surface area contributed by atoms with Gasteiger partial charge in [-0.2, -0.15) is 0 Å². The van der Waals surface area contributed by atoms with Crippen LogP contribution in [0.3, 0.4) is 0 Å². The highest BCUT2D eigenvalue weighted by Crippen LogP contribution is 2.41. The molecule has 2 aromatic carbocycles. The zero-order chi connectivity index (χ0) is 36.6. The Bertz CT molecular complexity index is 1380. The van der Waals surface area contributed by atoms with Crippen LogP contribution in [-0.2, 0) is 35.0 Å². The van der Waals surface area contributed by atoms with Crippen LogP contribution in [0.4, 0.5) is 9.59 Å². The van der Waals surface area contributed by atoms with E-state index >= 15 is 0 Å². The Labute approximate surface area is 304 Å². The van der Waals surface area contributed by atoms with Gasteiger partial charge in [-0.25, -0.2) is 9.59 Å². The molecule has 2 aliphatic heterocycles. The predicted octanol–water partition coefficient (Wildman–Crippen LogP) is 7.39. The summed E-state index contributed by atoms with van der Waals surface area (Å²) in [6.07, 6.45) is 5.17. The summed E-state index contributed by atoms with van der Waals surface area (Å²) >= 11 is 0. The van der Waals surface area contributed by atoms with Crippen molar-refractivity contribution in [2.45, 2.75) is 136 Å². The third-order valence-electron chi connectivity index (χ3n) is 9.58. The molecule has 2 fully saturated rings. The topological polar surface area (TPSA) is 133 Å². The summed E-state index contributed by atoms with van der Waals surface area (Å²) in [4.78, 5) is 38.1. The van der Waals surface area contributed by atoms with Gasteiger partial charge in [-0.05, 0) is 86.6 Å². The Morgan fingerprint density at radius 1 is 0.882 bits per heavy atom. The Balaban J connectivity index is 1.37. The summed E-state index contributed by atoms with van der Waals surface area (Å²) in [6, 6.07) is 13.8. The van der Waals surface area contributed by atoms with Gasteiger partial charge in [-0.15, -0.1) is 0 Å². The second kappa shape index (κ2) is 20.6. The normalized spacial score (nSPS) is 22.5. The van der Waals surface area contributed by atoms with Crippen LogP contribution in [-0.4, -0.2) is 74.6 Å². The summed E-state index contributed by atoms with van der Waals surface area (Å²) < 4.78 is 30.2. The maximum atomic E-state index is 13.2. The second-order valence-corrected chi connectivity index (χ2v) is 14.8. The van der Waals surface area contributed by atoms with Gasteiger partial charge in [-0.1, -0.05) is 70.2 Å². The van der Waals surface area contributed by atoms with Crippen LogP contribution >= 0.6 is 0 Å². The van der Waals surface area contributed by atoms with Crippen molar-refractivity contribution in [2.75, 3.05) is 26.3 Å². The van der Waals surface area contributed by atoms with E-state index in [1.165, 1.54) is 0 Å². The van der Waals surface area contributed by atoms with E-state index < -0.39 is 24.1 Å². The molecule has 2 heterocycles. The molecule has 2 saturated heterocycles. The lowest BCUT2D eigenvalue weighted by Crippen LogP contribution is -2.53. The van der Waals surface area contributed by atoms with Gasteiger partial charge in [0, 0.05) is 32.4 Å². The fourth-order valence-corrected chi connectivity index (χ4v) is 6.91. The minimum Gasteiger partial charge on any atom is -0.465 e. The highest BCUT2D eigenvalue weighted by molar-refractivity contribution is 5.86. The average molecular weight is 712 g/mol. The molecule has 3 N–H and O–H groups in total. The van der Waals surface area contributed by atoms with Crippen molar-refractivity contribution in [3.05, 3.63) is 48.0 Å². The smallest absolute Gasteiger partial charge is 0.407 e. The van der Waals surface area contributed by atoms with Gasteiger partial charge in [0.2, 0.25) is 0 Å². The van der Waals surface area contributed by atoms with Crippen LogP contribution in [0.2, 0.25) is 0 Å². The molecule has 5 atom stereocenters. The number of carbonyl (C=O) groups excluding carboxylic acids is 3. The van der Waals surface area contributed by atoms with Gasteiger partial charge >= 0.3 is 18.2 Å². The van der Waals surface area contributed by atoms with Gasteiger partial charge in [0.05, 0.1) is 18.8 Å². The molecule has 11 nitrogen and oxygen atoms in total. The quantitative estimate of drug-likeness (QED) is 0.0823. The number of hydrogen-bond donors (Lipinski definition) is 3. The molecule has 0 saturated carbocycles. The van der Waals surface area contributed by atoms with Crippen molar-refractivity contribution in [2.24, 2.45) is 11.8 Å². The van der Waals surface area contributed by atoms with Crippen molar-refractivity contribution in [3.63, 3.8) is 0 Å². The molecule has 284 valence electrons. The zero-order valence-electron chi connectivity index (χ0n) is 31.4. The van der Waals surface area contributed by atoms with Crippen LogP contribution in [0.1, 0.15) is 104 Å². The average Bonchev–Trinajstić information content (AvgIpc) is 3.09. The lowest BCUT2D eigenvalue weighted by atomic mass is 9.90. The Hall–Kier alpha value is -3.41. The first kappa shape index (κ1) is 40.4. The van der Waals surface area contributed by atoms with Crippen LogP contribution in [0.25, 0.3) is 10.8 Å². The third kappa shape index (κ3) is 13.6.